The predicted octanol–water partition coefficient (Wildman–Crippen LogP) is 3.13. The molecule has 1 saturated heterocycles. The normalized spacial score (nSPS) is 17.7. The summed E-state index contributed by atoms with van der Waals surface area (Å²) in [6.07, 6.45) is 2.55. The van der Waals surface area contributed by atoms with Crippen molar-refractivity contribution < 1.29 is 4.74 Å². The van der Waals surface area contributed by atoms with Crippen LogP contribution in [-0.2, 0) is 0 Å². The van der Waals surface area contributed by atoms with E-state index >= 15 is 0 Å². The molecule has 0 spiro atoms. The molecule has 1 aromatic rings. The van der Waals surface area contributed by atoms with Crippen LogP contribution in [0.2, 0.25) is 0 Å². The molecule has 1 unspecified atom stereocenters. The molecule has 1 aromatic carbocycles. The van der Waals surface area contributed by atoms with Crippen molar-refractivity contribution in [2.24, 2.45) is 0 Å². The van der Waals surface area contributed by atoms with Crippen molar-refractivity contribution in [1.29, 1.82) is 5.26 Å². The van der Waals surface area contributed by atoms with Crippen molar-refractivity contribution in [1.82, 2.24) is 4.90 Å². The van der Waals surface area contributed by atoms with Crippen LogP contribution in [0.5, 0.6) is 5.75 Å². The van der Waals surface area contributed by atoms with Gasteiger partial charge in [0.15, 0.2) is 0 Å². The van der Waals surface area contributed by atoms with Crippen molar-refractivity contribution in [2.75, 3.05) is 13.1 Å². The van der Waals surface area contributed by atoms with Crippen LogP contribution in [0.4, 0.5) is 0 Å². The summed E-state index contributed by atoms with van der Waals surface area (Å²) < 4.78 is 5.68. The molecular formula is C15H20N2O. The summed E-state index contributed by atoms with van der Waals surface area (Å²) in [7, 11) is 0. The van der Waals surface area contributed by atoms with Crippen LogP contribution in [0.1, 0.15) is 38.3 Å². The van der Waals surface area contributed by atoms with Crippen LogP contribution in [-0.4, -0.2) is 24.1 Å². The summed E-state index contributed by atoms with van der Waals surface area (Å²) in [5.74, 6) is 0.849. The Morgan fingerprint density at radius 1 is 1.28 bits per heavy atom. The zero-order chi connectivity index (χ0) is 13.0. The van der Waals surface area contributed by atoms with Crippen molar-refractivity contribution >= 4 is 0 Å². The minimum absolute atomic E-state index is 0.136. The third-order valence-corrected chi connectivity index (χ3v) is 3.17. The largest absolute Gasteiger partial charge is 0.491 e. The number of hydrogen-bond donors (Lipinski definition) is 0. The number of ether oxygens (including phenoxy) is 1. The number of likely N-dealkylation sites (tertiary alicyclic amines) is 1. The lowest BCUT2D eigenvalue weighted by atomic mass is 10.1. The second-order valence-electron chi connectivity index (χ2n) is 5.01. The average molecular weight is 244 g/mol. The molecule has 1 aliphatic rings. The Morgan fingerprint density at radius 2 is 2.00 bits per heavy atom. The van der Waals surface area contributed by atoms with E-state index in [2.05, 4.69) is 11.0 Å². The molecule has 0 amide bonds. The van der Waals surface area contributed by atoms with Crippen LogP contribution in [0.25, 0.3) is 0 Å². The molecular weight excluding hydrogens is 224 g/mol. The van der Waals surface area contributed by atoms with Gasteiger partial charge in [0, 0.05) is 0 Å². The highest BCUT2D eigenvalue weighted by atomic mass is 16.5. The molecule has 0 aromatic heterocycles. The van der Waals surface area contributed by atoms with Crippen LogP contribution < -0.4 is 4.74 Å². The molecule has 18 heavy (non-hydrogen) atoms. The van der Waals surface area contributed by atoms with Gasteiger partial charge in [-0.1, -0.05) is 12.1 Å². The zero-order valence-corrected chi connectivity index (χ0v) is 11.1. The van der Waals surface area contributed by atoms with Crippen molar-refractivity contribution in [3.05, 3.63) is 29.8 Å². The first kappa shape index (κ1) is 12.9. The van der Waals surface area contributed by atoms with Crippen LogP contribution in [0.3, 0.4) is 0 Å². The molecule has 0 radical (unpaired) electrons. The van der Waals surface area contributed by atoms with Gasteiger partial charge in [0.2, 0.25) is 0 Å². The fourth-order valence-corrected chi connectivity index (χ4v) is 2.40. The first-order valence-corrected chi connectivity index (χ1v) is 6.61. The molecule has 2 rings (SSSR count). The molecule has 1 fully saturated rings. The van der Waals surface area contributed by atoms with Crippen molar-refractivity contribution in [2.45, 2.75) is 38.8 Å². The van der Waals surface area contributed by atoms with Crippen LogP contribution >= 0.6 is 0 Å². The summed E-state index contributed by atoms with van der Waals surface area (Å²) in [6.45, 7) is 6.06. The molecule has 0 aliphatic carbocycles. The second kappa shape index (κ2) is 5.88. The minimum atomic E-state index is -0.136. The number of rotatable bonds is 4. The van der Waals surface area contributed by atoms with E-state index in [-0.39, 0.29) is 12.1 Å². The van der Waals surface area contributed by atoms with Gasteiger partial charge in [0.05, 0.1) is 12.2 Å². The van der Waals surface area contributed by atoms with Crippen LogP contribution in [0, 0.1) is 11.3 Å². The Balaban J connectivity index is 2.17. The van der Waals surface area contributed by atoms with Gasteiger partial charge >= 0.3 is 0 Å². The van der Waals surface area contributed by atoms with Crippen molar-refractivity contribution in [3.63, 3.8) is 0 Å². The lowest BCUT2D eigenvalue weighted by molar-refractivity contribution is 0.241. The van der Waals surface area contributed by atoms with Gasteiger partial charge < -0.3 is 4.74 Å². The number of nitrogens with zero attached hydrogens (tertiary/aromatic N) is 2. The molecule has 3 heteroatoms. The predicted molar refractivity (Wildman–Crippen MR) is 71.4 cm³/mol. The Morgan fingerprint density at radius 3 is 2.61 bits per heavy atom. The van der Waals surface area contributed by atoms with E-state index in [0.29, 0.717) is 0 Å². The average Bonchev–Trinajstić information content (AvgIpc) is 2.83. The Labute approximate surface area is 109 Å². The quantitative estimate of drug-likeness (QED) is 0.816. The highest BCUT2D eigenvalue weighted by molar-refractivity contribution is 5.33. The highest BCUT2D eigenvalue weighted by Crippen LogP contribution is 2.27. The van der Waals surface area contributed by atoms with Gasteiger partial charge in [-0.05, 0) is 57.5 Å². The van der Waals surface area contributed by atoms with Gasteiger partial charge in [0.25, 0.3) is 0 Å². The fraction of sp³-hybridized carbons (Fsp3) is 0.533. The zero-order valence-electron chi connectivity index (χ0n) is 11.1. The monoisotopic (exact) mass is 244 g/mol. The maximum atomic E-state index is 9.38. The molecule has 3 nitrogen and oxygen atoms in total. The maximum Gasteiger partial charge on any atom is 0.123 e. The molecule has 1 heterocycles. The van der Waals surface area contributed by atoms with E-state index in [0.717, 1.165) is 24.4 Å². The van der Waals surface area contributed by atoms with Gasteiger partial charge in [0.1, 0.15) is 11.8 Å². The van der Waals surface area contributed by atoms with Crippen LogP contribution in [0.15, 0.2) is 24.3 Å². The highest BCUT2D eigenvalue weighted by Gasteiger charge is 2.23. The molecule has 0 saturated carbocycles. The van der Waals surface area contributed by atoms with E-state index < -0.39 is 0 Å². The number of hydrogen-bond acceptors (Lipinski definition) is 3. The van der Waals surface area contributed by atoms with Crippen molar-refractivity contribution in [3.8, 4) is 11.8 Å². The van der Waals surface area contributed by atoms with E-state index in [4.69, 9.17) is 4.74 Å². The summed E-state index contributed by atoms with van der Waals surface area (Å²) in [5, 5.41) is 9.38. The third-order valence-electron chi connectivity index (χ3n) is 3.17. The van der Waals surface area contributed by atoms with E-state index in [1.54, 1.807) is 0 Å². The van der Waals surface area contributed by atoms with E-state index in [9.17, 15) is 5.26 Å². The Bertz CT molecular complexity index is 430. The smallest absolute Gasteiger partial charge is 0.123 e. The Hall–Kier alpha value is -1.53. The second-order valence-corrected chi connectivity index (χ2v) is 5.01. The first-order chi connectivity index (χ1) is 8.70. The summed E-state index contributed by atoms with van der Waals surface area (Å²) >= 11 is 0. The van der Waals surface area contributed by atoms with E-state index in [1.165, 1.54) is 12.8 Å². The standard InChI is InChI=1S/C15H20N2O/c1-12(2)18-14-7-5-6-13(10-14)15(11-16)17-8-3-4-9-17/h5-7,10,12,15H,3-4,8-9H2,1-2H3. The number of benzene rings is 1. The summed E-state index contributed by atoms with van der Waals surface area (Å²) in [4.78, 5) is 2.24. The summed E-state index contributed by atoms with van der Waals surface area (Å²) in [6, 6.07) is 10.2. The molecule has 0 bridgehead atoms. The van der Waals surface area contributed by atoms with Gasteiger partial charge in [-0.2, -0.15) is 5.26 Å². The fourth-order valence-electron chi connectivity index (χ4n) is 2.40. The molecule has 96 valence electrons. The lowest BCUT2D eigenvalue weighted by Gasteiger charge is -2.22. The molecule has 1 aliphatic heterocycles. The SMILES string of the molecule is CC(C)Oc1cccc(C(C#N)N2CCCC2)c1. The Kier molecular flexibility index (Phi) is 4.22. The maximum absolute atomic E-state index is 9.38. The van der Waals surface area contributed by atoms with Gasteiger partial charge in [-0.15, -0.1) is 0 Å². The molecule has 1 atom stereocenters. The topological polar surface area (TPSA) is 36.3 Å². The van der Waals surface area contributed by atoms with Gasteiger partial charge in [-0.25, -0.2) is 0 Å². The lowest BCUT2D eigenvalue weighted by Crippen LogP contribution is -2.24. The first-order valence-electron chi connectivity index (χ1n) is 6.61. The van der Waals surface area contributed by atoms with E-state index in [1.807, 2.05) is 38.1 Å². The minimum Gasteiger partial charge on any atom is -0.491 e. The number of nitriles is 1. The van der Waals surface area contributed by atoms with Gasteiger partial charge in [-0.3, -0.25) is 4.90 Å². The summed E-state index contributed by atoms with van der Waals surface area (Å²) in [5.41, 5.74) is 1.04. The molecule has 0 N–H and O–H groups in total. The third kappa shape index (κ3) is 3.02.